The van der Waals surface area contributed by atoms with E-state index in [1.54, 1.807) is 0 Å². The van der Waals surface area contributed by atoms with Crippen LogP contribution in [0, 0.1) is 16.7 Å². The molecule has 0 aliphatic heterocycles. The first-order valence-electron chi connectivity index (χ1n) is 5.50. The maximum absolute atomic E-state index is 12.0. The van der Waals surface area contributed by atoms with Crippen LogP contribution in [0.15, 0.2) is 0 Å². The van der Waals surface area contributed by atoms with E-state index in [0.29, 0.717) is 11.7 Å². The van der Waals surface area contributed by atoms with Crippen LogP contribution in [-0.2, 0) is 10.8 Å². The third-order valence-electron chi connectivity index (χ3n) is 3.53. The number of nitrogens with zero attached hydrogens (tertiary/aromatic N) is 1. The summed E-state index contributed by atoms with van der Waals surface area (Å²) in [7, 11) is -0.655. The van der Waals surface area contributed by atoms with Gasteiger partial charge in [-0.1, -0.05) is 12.8 Å². The van der Waals surface area contributed by atoms with Crippen LogP contribution in [0.5, 0.6) is 0 Å². The van der Waals surface area contributed by atoms with Gasteiger partial charge in [-0.05, 0) is 31.1 Å². The molecule has 2 saturated carbocycles. The SMILES string of the molecule is N#CCC1(CS(=O)C2CCCC2)CC1. The summed E-state index contributed by atoms with van der Waals surface area (Å²) < 4.78 is 12.0. The van der Waals surface area contributed by atoms with Crippen LogP contribution in [0.25, 0.3) is 0 Å². The van der Waals surface area contributed by atoms with Crippen molar-refractivity contribution >= 4 is 10.8 Å². The van der Waals surface area contributed by atoms with E-state index in [1.807, 2.05) is 0 Å². The van der Waals surface area contributed by atoms with E-state index < -0.39 is 10.8 Å². The monoisotopic (exact) mass is 211 g/mol. The molecule has 14 heavy (non-hydrogen) atoms. The molecular weight excluding hydrogens is 194 g/mol. The average molecular weight is 211 g/mol. The molecule has 78 valence electrons. The zero-order chi connectivity index (χ0) is 10.0. The molecule has 1 atom stereocenters. The maximum Gasteiger partial charge on any atom is 0.0627 e. The van der Waals surface area contributed by atoms with Crippen molar-refractivity contribution in [3.63, 3.8) is 0 Å². The summed E-state index contributed by atoms with van der Waals surface area (Å²) in [6, 6.07) is 2.23. The van der Waals surface area contributed by atoms with E-state index in [2.05, 4.69) is 6.07 Å². The van der Waals surface area contributed by atoms with Gasteiger partial charge in [0, 0.05) is 28.2 Å². The zero-order valence-electron chi connectivity index (χ0n) is 8.50. The van der Waals surface area contributed by atoms with Gasteiger partial charge in [-0.2, -0.15) is 5.26 Å². The van der Waals surface area contributed by atoms with Crippen LogP contribution in [-0.4, -0.2) is 15.2 Å². The van der Waals surface area contributed by atoms with E-state index in [1.165, 1.54) is 12.8 Å². The van der Waals surface area contributed by atoms with Crippen LogP contribution in [0.2, 0.25) is 0 Å². The number of hydrogen-bond donors (Lipinski definition) is 0. The van der Waals surface area contributed by atoms with Crippen molar-refractivity contribution in [2.45, 2.75) is 50.2 Å². The van der Waals surface area contributed by atoms with Gasteiger partial charge >= 0.3 is 0 Å². The number of nitriles is 1. The van der Waals surface area contributed by atoms with Gasteiger partial charge < -0.3 is 0 Å². The Morgan fingerprint density at radius 1 is 1.36 bits per heavy atom. The highest BCUT2D eigenvalue weighted by atomic mass is 32.2. The highest BCUT2D eigenvalue weighted by Gasteiger charge is 2.44. The first-order valence-corrected chi connectivity index (χ1v) is 6.88. The van der Waals surface area contributed by atoms with Crippen molar-refractivity contribution in [3.05, 3.63) is 0 Å². The lowest BCUT2D eigenvalue weighted by atomic mass is 10.1. The van der Waals surface area contributed by atoms with Crippen molar-refractivity contribution in [2.24, 2.45) is 5.41 Å². The fourth-order valence-corrected chi connectivity index (χ4v) is 4.38. The second-order valence-corrected chi connectivity index (χ2v) is 6.48. The van der Waals surface area contributed by atoms with Gasteiger partial charge in [0.1, 0.15) is 0 Å². The summed E-state index contributed by atoms with van der Waals surface area (Å²) in [6.07, 6.45) is 7.66. The highest BCUT2D eigenvalue weighted by Crippen LogP contribution is 2.49. The summed E-state index contributed by atoms with van der Waals surface area (Å²) in [5, 5.41) is 9.12. The predicted octanol–water partition coefficient (Wildman–Crippen LogP) is 2.37. The summed E-state index contributed by atoms with van der Waals surface area (Å²) in [4.78, 5) is 0. The topological polar surface area (TPSA) is 40.9 Å². The van der Waals surface area contributed by atoms with E-state index in [-0.39, 0.29) is 5.41 Å². The Kier molecular flexibility index (Phi) is 2.92. The summed E-state index contributed by atoms with van der Waals surface area (Å²) >= 11 is 0. The molecule has 2 fully saturated rings. The largest absolute Gasteiger partial charge is 0.259 e. The molecule has 0 saturated heterocycles. The Hall–Kier alpha value is -0.360. The normalized spacial score (nSPS) is 27.1. The van der Waals surface area contributed by atoms with Crippen LogP contribution in [0.1, 0.15) is 44.9 Å². The second-order valence-electron chi connectivity index (χ2n) is 4.77. The lowest BCUT2D eigenvalue weighted by molar-refractivity contribution is 0.582. The molecule has 0 N–H and O–H groups in total. The van der Waals surface area contributed by atoms with Crippen molar-refractivity contribution in [2.75, 3.05) is 5.75 Å². The third-order valence-corrected chi connectivity index (χ3v) is 5.65. The van der Waals surface area contributed by atoms with Gasteiger partial charge in [0.15, 0.2) is 0 Å². The molecule has 2 rings (SSSR count). The molecule has 2 aliphatic carbocycles. The molecule has 0 bridgehead atoms. The molecule has 0 aromatic heterocycles. The minimum Gasteiger partial charge on any atom is -0.259 e. The predicted molar refractivity (Wildman–Crippen MR) is 57.2 cm³/mol. The second kappa shape index (κ2) is 4.02. The standard InChI is InChI=1S/C11H17NOS/c12-8-7-11(5-6-11)9-14(13)10-3-1-2-4-10/h10H,1-7,9H2. The summed E-state index contributed by atoms with van der Waals surface area (Å²) in [5.74, 6) is 0.797. The molecule has 0 aromatic rings. The molecule has 0 spiro atoms. The fraction of sp³-hybridized carbons (Fsp3) is 0.909. The molecule has 0 heterocycles. The molecule has 0 radical (unpaired) electrons. The minimum atomic E-state index is -0.655. The van der Waals surface area contributed by atoms with E-state index in [9.17, 15) is 4.21 Å². The Balaban J connectivity index is 1.85. The van der Waals surface area contributed by atoms with Crippen molar-refractivity contribution in [1.82, 2.24) is 0 Å². The smallest absolute Gasteiger partial charge is 0.0627 e. The number of rotatable bonds is 4. The molecular formula is C11H17NOS. The Morgan fingerprint density at radius 3 is 2.50 bits per heavy atom. The summed E-state index contributed by atoms with van der Waals surface area (Å²) in [5.41, 5.74) is 0.169. The molecule has 2 nitrogen and oxygen atoms in total. The molecule has 2 aliphatic rings. The Bertz CT molecular complexity index is 272. The quantitative estimate of drug-likeness (QED) is 0.716. The van der Waals surface area contributed by atoms with Crippen molar-refractivity contribution < 1.29 is 4.21 Å². The van der Waals surface area contributed by atoms with Gasteiger partial charge in [-0.25, -0.2) is 0 Å². The minimum absolute atomic E-state index is 0.169. The molecule has 0 amide bonds. The first kappa shape index (κ1) is 10.2. The van der Waals surface area contributed by atoms with Crippen molar-refractivity contribution in [1.29, 1.82) is 5.26 Å². The first-order chi connectivity index (χ1) is 6.76. The third kappa shape index (κ3) is 2.17. The van der Waals surface area contributed by atoms with Crippen LogP contribution >= 0.6 is 0 Å². The lowest BCUT2D eigenvalue weighted by Crippen LogP contribution is -2.20. The van der Waals surface area contributed by atoms with Gasteiger partial charge in [0.05, 0.1) is 6.07 Å². The fourth-order valence-electron chi connectivity index (χ4n) is 2.29. The molecule has 1 unspecified atom stereocenters. The van der Waals surface area contributed by atoms with Gasteiger partial charge in [0.2, 0.25) is 0 Å². The Morgan fingerprint density at radius 2 is 2.00 bits per heavy atom. The van der Waals surface area contributed by atoms with E-state index in [4.69, 9.17) is 5.26 Å². The highest BCUT2D eigenvalue weighted by molar-refractivity contribution is 7.85. The zero-order valence-corrected chi connectivity index (χ0v) is 9.31. The van der Waals surface area contributed by atoms with E-state index in [0.717, 1.165) is 31.4 Å². The van der Waals surface area contributed by atoms with Gasteiger partial charge in [-0.3, -0.25) is 4.21 Å². The van der Waals surface area contributed by atoms with Crippen LogP contribution < -0.4 is 0 Å². The van der Waals surface area contributed by atoms with Gasteiger partial charge in [-0.15, -0.1) is 0 Å². The number of hydrogen-bond acceptors (Lipinski definition) is 2. The van der Waals surface area contributed by atoms with Crippen molar-refractivity contribution in [3.8, 4) is 6.07 Å². The Labute approximate surface area is 88.1 Å². The summed E-state index contributed by atoms with van der Waals surface area (Å²) in [6.45, 7) is 0. The van der Waals surface area contributed by atoms with Gasteiger partial charge in [0.25, 0.3) is 0 Å². The maximum atomic E-state index is 12.0. The molecule has 0 aromatic carbocycles. The average Bonchev–Trinajstić information content (AvgIpc) is 2.70. The van der Waals surface area contributed by atoms with E-state index >= 15 is 0 Å². The van der Waals surface area contributed by atoms with Crippen LogP contribution in [0.3, 0.4) is 0 Å². The molecule has 3 heteroatoms. The van der Waals surface area contributed by atoms with Crippen LogP contribution in [0.4, 0.5) is 0 Å². The lowest BCUT2D eigenvalue weighted by Gasteiger charge is -2.14.